The summed E-state index contributed by atoms with van der Waals surface area (Å²) in [6, 6.07) is 0.630. The summed E-state index contributed by atoms with van der Waals surface area (Å²) in [5.74, 6) is 1.67. The Kier molecular flexibility index (Phi) is 1.90. The van der Waals surface area contributed by atoms with Crippen LogP contribution in [0.25, 0.3) is 0 Å². The Bertz CT molecular complexity index is 144. The summed E-state index contributed by atoms with van der Waals surface area (Å²) in [5.41, 5.74) is 0. The van der Waals surface area contributed by atoms with E-state index in [-0.39, 0.29) is 6.10 Å². The Balaban J connectivity index is 1.93. The molecule has 1 aliphatic heterocycles. The number of hydrogen-bond donors (Lipinski definition) is 2. The van der Waals surface area contributed by atoms with E-state index in [1.54, 1.807) is 0 Å². The molecule has 2 nitrogen and oxygen atoms in total. The van der Waals surface area contributed by atoms with Gasteiger partial charge in [0.05, 0.1) is 6.10 Å². The molecule has 11 heavy (non-hydrogen) atoms. The normalized spacial score (nSPS) is 45.8. The molecule has 0 bridgehead atoms. The van der Waals surface area contributed by atoms with Crippen LogP contribution in [0.5, 0.6) is 0 Å². The molecule has 2 fully saturated rings. The zero-order valence-corrected chi connectivity index (χ0v) is 7.09. The van der Waals surface area contributed by atoms with Gasteiger partial charge in [-0.2, -0.15) is 0 Å². The highest BCUT2D eigenvalue weighted by molar-refractivity contribution is 4.91. The maximum absolute atomic E-state index is 9.41. The molecule has 1 saturated carbocycles. The highest BCUT2D eigenvalue weighted by atomic mass is 16.3. The minimum absolute atomic E-state index is 0.0863. The molecule has 2 N–H and O–H groups in total. The standard InChI is InChI=1S/C9H17NO/c1-6-9(7-2-3-7)4-8(11)5-10-6/h6-11H,2-5H2,1H3. The number of rotatable bonds is 1. The number of β-amino-alcohol motifs (C(OH)–C–C–N with tert-alkyl or cyclic N) is 1. The van der Waals surface area contributed by atoms with Crippen molar-refractivity contribution in [2.45, 2.75) is 38.3 Å². The molecule has 3 atom stereocenters. The lowest BCUT2D eigenvalue weighted by molar-refractivity contribution is 0.0862. The second-order valence-electron chi connectivity index (χ2n) is 4.09. The SMILES string of the molecule is CC1NCC(O)CC1C1CC1. The fourth-order valence-corrected chi connectivity index (χ4v) is 2.20. The van der Waals surface area contributed by atoms with Crippen LogP contribution in [0.4, 0.5) is 0 Å². The summed E-state index contributed by atoms with van der Waals surface area (Å²) in [6.45, 7) is 3.04. The van der Waals surface area contributed by atoms with Gasteiger partial charge in [-0.3, -0.25) is 0 Å². The van der Waals surface area contributed by atoms with Crippen molar-refractivity contribution in [3.63, 3.8) is 0 Å². The number of nitrogens with one attached hydrogen (secondary N) is 1. The van der Waals surface area contributed by atoms with Gasteiger partial charge in [0, 0.05) is 12.6 Å². The molecular formula is C9H17NO. The van der Waals surface area contributed by atoms with Crippen molar-refractivity contribution in [2.24, 2.45) is 11.8 Å². The topological polar surface area (TPSA) is 32.3 Å². The summed E-state index contributed by atoms with van der Waals surface area (Å²) < 4.78 is 0. The van der Waals surface area contributed by atoms with Gasteiger partial charge < -0.3 is 10.4 Å². The van der Waals surface area contributed by atoms with E-state index in [1.165, 1.54) is 12.8 Å². The van der Waals surface area contributed by atoms with Crippen molar-refractivity contribution in [3.05, 3.63) is 0 Å². The van der Waals surface area contributed by atoms with E-state index in [1.807, 2.05) is 0 Å². The molecule has 0 aromatic carbocycles. The summed E-state index contributed by atoms with van der Waals surface area (Å²) in [6.07, 6.45) is 3.72. The van der Waals surface area contributed by atoms with Gasteiger partial charge in [-0.15, -0.1) is 0 Å². The van der Waals surface area contributed by atoms with Crippen LogP contribution in [0.2, 0.25) is 0 Å². The zero-order valence-electron chi connectivity index (χ0n) is 7.09. The van der Waals surface area contributed by atoms with Crippen LogP contribution in [-0.2, 0) is 0 Å². The molecule has 0 amide bonds. The lowest BCUT2D eigenvalue weighted by Gasteiger charge is -2.33. The Hall–Kier alpha value is -0.0800. The van der Waals surface area contributed by atoms with E-state index in [4.69, 9.17) is 0 Å². The molecule has 64 valence electrons. The maximum Gasteiger partial charge on any atom is 0.0668 e. The molecule has 0 aromatic rings. The van der Waals surface area contributed by atoms with Crippen LogP contribution in [0.3, 0.4) is 0 Å². The van der Waals surface area contributed by atoms with Crippen molar-refractivity contribution < 1.29 is 5.11 Å². The molecule has 1 aliphatic carbocycles. The number of piperidine rings is 1. The fourth-order valence-electron chi connectivity index (χ4n) is 2.20. The van der Waals surface area contributed by atoms with E-state index >= 15 is 0 Å². The van der Waals surface area contributed by atoms with Crippen molar-refractivity contribution in [2.75, 3.05) is 6.54 Å². The van der Waals surface area contributed by atoms with Crippen LogP contribution in [-0.4, -0.2) is 23.8 Å². The molecule has 2 aliphatic rings. The Morgan fingerprint density at radius 1 is 1.36 bits per heavy atom. The molecule has 2 heteroatoms. The first-order valence-corrected chi connectivity index (χ1v) is 4.69. The Labute approximate surface area is 68.0 Å². The van der Waals surface area contributed by atoms with Crippen molar-refractivity contribution in [3.8, 4) is 0 Å². The Morgan fingerprint density at radius 2 is 2.09 bits per heavy atom. The largest absolute Gasteiger partial charge is 0.392 e. The van der Waals surface area contributed by atoms with Crippen LogP contribution < -0.4 is 5.32 Å². The van der Waals surface area contributed by atoms with E-state index in [0.29, 0.717) is 6.04 Å². The zero-order chi connectivity index (χ0) is 7.84. The summed E-state index contributed by atoms with van der Waals surface area (Å²) in [7, 11) is 0. The van der Waals surface area contributed by atoms with E-state index in [9.17, 15) is 5.11 Å². The summed E-state index contributed by atoms with van der Waals surface area (Å²) in [5, 5.41) is 12.8. The third kappa shape index (κ3) is 1.57. The molecule has 0 radical (unpaired) electrons. The number of hydrogen-bond acceptors (Lipinski definition) is 2. The smallest absolute Gasteiger partial charge is 0.0668 e. The summed E-state index contributed by atoms with van der Waals surface area (Å²) >= 11 is 0. The quantitative estimate of drug-likeness (QED) is 0.586. The van der Waals surface area contributed by atoms with Crippen LogP contribution in [0, 0.1) is 11.8 Å². The van der Waals surface area contributed by atoms with Gasteiger partial charge in [0.25, 0.3) is 0 Å². The van der Waals surface area contributed by atoms with E-state index < -0.39 is 0 Å². The first-order chi connectivity index (χ1) is 5.27. The minimum Gasteiger partial charge on any atom is -0.392 e. The highest BCUT2D eigenvalue weighted by Gasteiger charge is 2.37. The third-order valence-electron chi connectivity index (χ3n) is 3.09. The number of aliphatic hydroxyl groups is 1. The second-order valence-corrected chi connectivity index (χ2v) is 4.09. The first kappa shape index (κ1) is 7.56. The van der Waals surface area contributed by atoms with Gasteiger partial charge in [0.1, 0.15) is 0 Å². The van der Waals surface area contributed by atoms with Crippen molar-refractivity contribution >= 4 is 0 Å². The monoisotopic (exact) mass is 155 g/mol. The van der Waals surface area contributed by atoms with Gasteiger partial charge in [-0.1, -0.05) is 0 Å². The first-order valence-electron chi connectivity index (χ1n) is 4.69. The van der Waals surface area contributed by atoms with E-state index in [0.717, 1.165) is 24.8 Å². The van der Waals surface area contributed by atoms with E-state index in [2.05, 4.69) is 12.2 Å². The average molecular weight is 155 g/mol. The van der Waals surface area contributed by atoms with Crippen LogP contribution in [0.1, 0.15) is 26.2 Å². The summed E-state index contributed by atoms with van der Waals surface area (Å²) in [4.78, 5) is 0. The van der Waals surface area contributed by atoms with Gasteiger partial charge in [0.15, 0.2) is 0 Å². The van der Waals surface area contributed by atoms with Gasteiger partial charge in [-0.05, 0) is 38.0 Å². The lowest BCUT2D eigenvalue weighted by atomic mass is 9.86. The highest BCUT2D eigenvalue weighted by Crippen LogP contribution is 2.41. The second kappa shape index (κ2) is 2.76. The van der Waals surface area contributed by atoms with Crippen LogP contribution in [0.15, 0.2) is 0 Å². The molecule has 2 rings (SSSR count). The third-order valence-corrected chi connectivity index (χ3v) is 3.09. The fraction of sp³-hybridized carbons (Fsp3) is 1.00. The Morgan fingerprint density at radius 3 is 2.73 bits per heavy atom. The van der Waals surface area contributed by atoms with Crippen LogP contribution >= 0.6 is 0 Å². The van der Waals surface area contributed by atoms with Gasteiger partial charge in [0.2, 0.25) is 0 Å². The van der Waals surface area contributed by atoms with Gasteiger partial charge in [-0.25, -0.2) is 0 Å². The average Bonchev–Trinajstić information content (AvgIpc) is 2.76. The molecule has 3 unspecified atom stereocenters. The molecule has 1 saturated heterocycles. The molecule has 0 aromatic heterocycles. The molecular weight excluding hydrogens is 138 g/mol. The predicted molar refractivity (Wildman–Crippen MR) is 44.3 cm³/mol. The minimum atomic E-state index is -0.0863. The molecule has 0 spiro atoms. The predicted octanol–water partition coefficient (Wildman–Crippen LogP) is 0.755. The van der Waals surface area contributed by atoms with Crippen molar-refractivity contribution in [1.82, 2.24) is 5.32 Å². The number of aliphatic hydroxyl groups excluding tert-OH is 1. The van der Waals surface area contributed by atoms with Crippen molar-refractivity contribution in [1.29, 1.82) is 0 Å². The molecule has 1 heterocycles. The maximum atomic E-state index is 9.41. The lowest BCUT2D eigenvalue weighted by Crippen LogP contribution is -2.46. The van der Waals surface area contributed by atoms with Gasteiger partial charge >= 0.3 is 0 Å².